The minimum absolute atomic E-state index is 0.491. The number of nitrogens with zero attached hydrogens (tertiary/aromatic N) is 2. The lowest BCUT2D eigenvalue weighted by Crippen LogP contribution is -2.10. The highest BCUT2D eigenvalue weighted by atomic mass is 16.7. The molecule has 4 rings (SSSR count). The molecule has 204 valence electrons. The molecule has 1 aromatic heterocycles. The zero-order valence-electron chi connectivity index (χ0n) is 22.3. The van der Waals surface area contributed by atoms with E-state index in [0.717, 1.165) is 57.2 Å². The Kier molecular flexibility index (Phi) is 10.2. The van der Waals surface area contributed by atoms with E-state index in [2.05, 4.69) is 51.6 Å². The van der Waals surface area contributed by atoms with Crippen molar-refractivity contribution in [3.05, 3.63) is 71.8 Å². The molecule has 0 saturated heterocycles. The Morgan fingerprint density at radius 3 is 2.32 bits per heavy atom. The van der Waals surface area contributed by atoms with E-state index in [1.165, 1.54) is 13.8 Å². The molecule has 9 heteroatoms. The molecule has 0 spiro atoms. The molecule has 3 aromatic carbocycles. The van der Waals surface area contributed by atoms with Crippen molar-refractivity contribution in [1.82, 2.24) is 4.57 Å². The summed E-state index contributed by atoms with van der Waals surface area (Å²) in [5.74, 6) is 4.42. The summed E-state index contributed by atoms with van der Waals surface area (Å²) >= 11 is 0. The molecule has 1 heterocycles. The molecule has 0 bridgehead atoms. The van der Waals surface area contributed by atoms with Crippen LogP contribution in [-0.2, 0) is 16.1 Å². The fraction of sp³-hybridized carbons (Fsp3) is 0.345. The average Bonchev–Trinajstić information content (AvgIpc) is 3.23. The van der Waals surface area contributed by atoms with Crippen LogP contribution in [0.25, 0.3) is 27.5 Å². The molecule has 0 amide bonds. The third kappa shape index (κ3) is 6.89. The van der Waals surface area contributed by atoms with Crippen LogP contribution < -0.4 is 11.6 Å². The number of nitrogens with two attached hydrogens (primary N) is 2. The molecule has 0 saturated carbocycles. The second-order valence-electron chi connectivity index (χ2n) is 9.23. The van der Waals surface area contributed by atoms with Crippen LogP contribution in [-0.4, -0.2) is 38.2 Å². The molecule has 0 aliphatic heterocycles. The number of oxime groups is 1. The van der Waals surface area contributed by atoms with E-state index in [0.29, 0.717) is 12.1 Å². The number of rotatable bonds is 9. The largest absolute Gasteiger partial charge is 0.397 e. The minimum atomic E-state index is -0.959. The van der Waals surface area contributed by atoms with Gasteiger partial charge >= 0.3 is 0 Å². The number of hydrogen-bond donors (Lipinski definition) is 5. The van der Waals surface area contributed by atoms with Gasteiger partial charge in [0, 0.05) is 24.1 Å². The number of nitrogen functional groups attached to an aromatic ring is 1. The Bertz CT molecular complexity index is 1380. The van der Waals surface area contributed by atoms with E-state index >= 15 is 0 Å². The zero-order valence-corrected chi connectivity index (χ0v) is 22.3. The number of hydrogen-bond acceptors (Lipinski definition) is 8. The van der Waals surface area contributed by atoms with Crippen LogP contribution in [0.4, 0.5) is 5.69 Å². The van der Waals surface area contributed by atoms with Gasteiger partial charge in [-0.25, -0.2) is 5.90 Å². The van der Waals surface area contributed by atoms with Crippen LogP contribution in [0, 0.1) is 0 Å². The van der Waals surface area contributed by atoms with Gasteiger partial charge in [0.1, 0.15) is 0 Å². The van der Waals surface area contributed by atoms with Crippen LogP contribution in [0.2, 0.25) is 0 Å². The summed E-state index contributed by atoms with van der Waals surface area (Å²) in [5, 5.41) is 34.2. The smallest absolute Gasteiger partial charge is 0.221 e. The van der Waals surface area contributed by atoms with Gasteiger partial charge in [0.15, 0.2) is 6.29 Å². The molecule has 4 aromatic rings. The van der Waals surface area contributed by atoms with Gasteiger partial charge in [-0.3, -0.25) is 4.84 Å². The van der Waals surface area contributed by atoms with Crippen molar-refractivity contribution < 1.29 is 25.0 Å². The minimum Gasteiger partial charge on any atom is -0.397 e. The lowest BCUT2D eigenvalue weighted by Gasteiger charge is -2.14. The number of anilines is 1. The second-order valence-corrected chi connectivity index (χ2v) is 9.23. The molecule has 7 N–H and O–H groups in total. The summed E-state index contributed by atoms with van der Waals surface area (Å²) < 4.78 is 2.19. The molecule has 38 heavy (non-hydrogen) atoms. The number of para-hydroxylation sites is 3. The Labute approximate surface area is 222 Å². The quantitative estimate of drug-likeness (QED) is 0.0927. The predicted molar refractivity (Wildman–Crippen MR) is 152 cm³/mol. The van der Waals surface area contributed by atoms with Gasteiger partial charge in [0.2, 0.25) is 6.29 Å². The molecule has 0 aliphatic carbocycles. The highest BCUT2D eigenvalue weighted by molar-refractivity contribution is 6.11. The number of benzene rings is 3. The maximum atomic E-state index is 10.6. The Morgan fingerprint density at radius 1 is 0.974 bits per heavy atom. The van der Waals surface area contributed by atoms with Crippen molar-refractivity contribution in [2.45, 2.75) is 65.6 Å². The van der Waals surface area contributed by atoms with Crippen LogP contribution >= 0.6 is 0 Å². The summed E-state index contributed by atoms with van der Waals surface area (Å²) in [5.41, 5.74) is 12.8. The van der Waals surface area contributed by atoms with Gasteiger partial charge in [-0.1, -0.05) is 54.9 Å². The third-order valence-electron chi connectivity index (χ3n) is 6.02. The van der Waals surface area contributed by atoms with Crippen molar-refractivity contribution in [1.29, 1.82) is 0 Å². The number of fused-ring (bicyclic) bond motifs is 3. The highest BCUT2D eigenvalue weighted by Crippen LogP contribution is 2.37. The zero-order chi connectivity index (χ0) is 27.8. The van der Waals surface area contributed by atoms with Crippen molar-refractivity contribution in [3.8, 4) is 5.69 Å². The Hall–Kier alpha value is -3.47. The first kappa shape index (κ1) is 29.1. The van der Waals surface area contributed by atoms with E-state index < -0.39 is 18.7 Å². The van der Waals surface area contributed by atoms with Gasteiger partial charge in [-0.2, -0.15) is 0 Å². The van der Waals surface area contributed by atoms with E-state index in [1.54, 1.807) is 0 Å². The Balaban J connectivity index is 0.000000732. The van der Waals surface area contributed by atoms with Crippen LogP contribution in [0.15, 0.2) is 65.8 Å². The molecule has 0 fully saturated rings. The number of aromatic nitrogens is 1. The lowest BCUT2D eigenvalue weighted by molar-refractivity contribution is -0.0874. The van der Waals surface area contributed by atoms with Gasteiger partial charge in [-0.15, -0.1) is 0 Å². The average molecular weight is 523 g/mol. The maximum Gasteiger partial charge on any atom is 0.221 e. The molecule has 0 radical (unpaired) electrons. The summed E-state index contributed by atoms with van der Waals surface area (Å²) in [4.78, 5) is 8.84. The molecule has 3 atom stereocenters. The van der Waals surface area contributed by atoms with Crippen molar-refractivity contribution >= 4 is 33.2 Å². The topological polar surface area (TPSA) is 148 Å². The van der Waals surface area contributed by atoms with Crippen LogP contribution in [0.3, 0.4) is 0 Å². The fourth-order valence-electron chi connectivity index (χ4n) is 4.36. The molecular formula is C29H38N4O5. The van der Waals surface area contributed by atoms with E-state index in [4.69, 9.17) is 15.7 Å². The molecule has 0 aliphatic rings. The van der Waals surface area contributed by atoms with E-state index in [9.17, 15) is 10.2 Å². The SMILES string of the molecule is CC(O)ON.CCCC(O)c1ccc2c(c1)c1cccc(CC(C)=NOC(C)O)c1n2-c1ccccc1N. The summed E-state index contributed by atoms with van der Waals surface area (Å²) in [6.45, 7) is 6.91. The third-order valence-corrected chi connectivity index (χ3v) is 6.02. The fourth-order valence-corrected chi connectivity index (χ4v) is 4.36. The number of aliphatic hydroxyl groups excluding tert-OH is 3. The van der Waals surface area contributed by atoms with Crippen molar-refractivity contribution in [2.24, 2.45) is 11.1 Å². The van der Waals surface area contributed by atoms with Gasteiger partial charge in [0.05, 0.1) is 34.2 Å². The van der Waals surface area contributed by atoms with Gasteiger partial charge in [-0.05, 0) is 55.7 Å². The predicted octanol–water partition coefficient (Wildman–Crippen LogP) is 4.69. The van der Waals surface area contributed by atoms with Crippen LogP contribution in [0.5, 0.6) is 0 Å². The standard InChI is InChI=1S/C27H31N3O3.C2H7NO2/c1-4-8-26(32)19-13-14-24-22(16-19)21-10-7-9-20(15-17(2)29-33-18(3)31)27(21)30(24)25-12-6-5-11-23(25)28;1-2(4)5-3/h5-7,9-14,16,18,26,31-32H,4,8,15,28H2,1-3H3;2,4H,3H2,1H3. The molecule has 3 unspecified atom stereocenters. The summed E-state index contributed by atoms with van der Waals surface area (Å²) in [6.07, 6.45) is -0.0962. The lowest BCUT2D eigenvalue weighted by atomic mass is 10.0. The van der Waals surface area contributed by atoms with Crippen LogP contribution in [0.1, 0.15) is 57.8 Å². The first-order valence-corrected chi connectivity index (χ1v) is 12.7. The normalized spacial score (nSPS) is 14.2. The summed E-state index contributed by atoms with van der Waals surface area (Å²) in [6, 6.07) is 20.2. The first-order valence-electron chi connectivity index (χ1n) is 12.7. The monoisotopic (exact) mass is 522 g/mol. The first-order chi connectivity index (χ1) is 18.2. The molecular weight excluding hydrogens is 484 g/mol. The van der Waals surface area contributed by atoms with Crippen molar-refractivity contribution in [2.75, 3.05) is 5.73 Å². The number of aliphatic hydroxyl groups is 3. The summed E-state index contributed by atoms with van der Waals surface area (Å²) in [7, 11) is 0. The van der Waals surface area contributed by atoms with Gasteiger partial charge < -0.3 is 30.5 Å². The highest BCUT2D eigenvalue weighted by Gasteiger charge is 2.19. The van der Waals surface area contributed by atoms with E-state index in [-0.39, 0.29) is 0 Å². The van der Waals surface area contributed by atoms with Crippen molar-refractivity contribution in [3.63, 3.8) is 0 Å². The Morgan fingerprint density at radius 2 is 1.68 bits per heavy atom. The van der Waals surface area contributed by atoms with E-state index in [1.807, 2.05) is 43.3 Å². The maximum absolute atomic E-state index is 10.6. The molecule has 9 nitrogen and oxygen atoms in total. The van der Waals surface area contributed by atoms with Gasteiger partial charge in [0.25, 0.3) is 0 Å². The second kappa shape index (κ2) is 13.4.